The molecule has 0 amide bonds. The zero-order valence-corrected chi connectivity index (χ0v) is 13.7. The molecule has 0 aliphatic heterocycles. The molecule has 1 aromatic rings. The van der Waals surface area contributed by atoms with Crippen LogP contribution in [-0.4, -0.2) is 6.54 Å². The minimum Gasteiger partial charge on any atom is -0.310 e. The highest BCUT2D eigenvalue weighted by Gasteiger charge is 2.12. The number of nitrogens with one attached hydrogen (secondary N) is 1. The van der Waals surface area contributed by atoms with Crippen LogP contribution in [0.15, 0.2) is 18.2 Å². The third kappa shape index (κ3) is 6.65. The molecule has 0 heterocycles. The Hall–Kier alpha value is -0.240. The molecule has 0 spiro atoms. The second kappa shape index (κ2) is 8.84. The van der Waals surface area contributed by atoms with Crippen LogP contribution in [0.4, 0.5) is 0 Å². The molecule has 0 aliphatic carbocycles. The highest BCUT2D eigenvalue weighted by Crippen LogP contribution is 2.27. The molecule has 0 saturated carbocycles. The molecule has 19 heavy (non-hydrogen) atoms. The first kappa shape index (κ1) is 16.8. The normalized spacial score (nSPS) is 12.9. The molecule has 1 aromatic carbocycles. The van der Waals surface area contributed by atoms with Crippen molar-refractivity contribution in [3.8, 4) is 0 Å². The monoisotopic (exact) mass is 301 g/mol. The average Bonchev–Trinajstić information content (AvgIpc) is 2.31. The Labute approximate surface area is 127 Å². The molecule has 0 bridgehead atoms. The smallest absolute Gasteiger partial charge is 0.0424 e. The Morgan fingerprint density at radius 1 is 1.05 bits per heavy atom. The van der Waals surface area contributed by atoms with Crippen molar-refractivity contribution in [3.05, 3.63) is 33.8 Å². The van der Waals surface area contributed by atoms with E-state index in [1.807, 2.05) is 12.1 Å². The summed E-state index contributed by atoms with van der Waals surface area (Å²) in [6, 6.07) is 6.19. The van der Waals surface area contributed by atoms with Gasteiger partial charge in [0.15, 0.2) is 0 Å². The molecule has 0 aliphatic rings. The number of hydrogen-bond donors (Lipinski definition) is 1. The Morgan fingerprint density at radius 3 is 2.21 bits per heavy atom. The molecule has 1 N–H and O–H groups in total. The first-order valence-electron chi connectivity index (χ1n) is 7.22. The molecule has 108 valence electrons. The van der Waals surface area contributed by atoms with Gasteiger partial charge in [0.25, 0.3) is 0 Å². The second-order valence-corrected chi connectivity index (χ2v) is 6.41. The summed E-state index contributed by atoms with van der Waals surface area (Å²) in [5.74, 6) is 0.759. The van der Waals surface area contributed by atoms with Crippen molar-refractivity contribution in [2.24, 2.45) is 5.92 Å². The van der Waals surface area contributed by atoms with Gasteiger partial charge >= 0.3 is 0 Å². The Kier molecular flexibility index (Phi) is 7.82. The summed E-state index contributed by atoms with van der Waals surface area (Å²) in [6.07, 6.45) is 4.76. The zero-order valence-electron chi connectivity index (χ0n) is 12.2. The van der Waals surface area contributed by atoms with E-state index < -0.39 is 0 Å². The third-order valence-corrected chi connectivity index (χ3v) is 3.64. The van der Waals surface area contributed by atoms with Crippen LogP contribution < -0.4 is 5.32 Å². The fourth-order valence-electron chi connectivity index (χ4n) is 2.21. The van der Waals surface area contributed by atoms with E-state index in [-0.39, 0.29) is 0 Å². The van der Waals surface area contributed by atoms with Crippen molar-refractivity contribution in [2.75, 3.05) is 6.54 Å². The van der Waals surface area contributed by atoms with Gasteiger partial charge in [-0.15, -0.1) is 0 Å². The van der Waals surface area contributed by atoms with Crippen LogP contribution in [0.5, 0.6) is 0 Å². The topological polar surface area (TPSA) is 12.0 Å². The molecule has 1 nitrogen and oxygen atoms in total. The van der Waals surface area contributed by atoms with E-state index in [4.69, 9.17) is 23.2 Å². The predicted octanol–water partition coefficient (Wildman–Crippen LogP) is 5.86. The molecule has 1 rings (SSSR count). The fraction of sp³-hybridized carbons (Fsp3) is 0.625. The lowest BCUT2D eigenvalue weighted by Crippen LogP contribution is -2.22. The van der Waals surface area contributed by atoms with Gasteiger partial charge in [-0.25, -0.2) is 0 Å². The van der Waals surface area contributed by atoms with Gasteiger partial charge in [0.2, 0.25) is 0 Å². The number of benzene rings is 1. The van der Waals surface area contributed by atoms with Crippen molar-refractivity contribution in [3.63, 3.8) is 0 Å². The summed E-state index contributed by atoms with van der Waals surface area (Å²) < 4.78 is 0. The number of hydrogen-bond acceptors (Lipinski definition) is 1. The molecule has 1 atom stereocenters. The van der Waals surface area contributed by atoms with Crippen molar-refractivity contribution in [1.29, 1.82) is 0 Å². The minimum atomic E-state index is 0.356. The van der Waals surface area contributed by atoms with Crippen molar-refractivity contribution < 1.29 is 0 Å². The molecule has 0 fully saturated rings. The largest absolute Gasteiger partial charge is 0.310 e. The van der Waals surface area contributed by atoms with Crippen molar-refractivity contribution >= 4 is 23.2 Å². The number of halogens is 2. The van der Waals surface area contributed by atoms with E-state index in [0.717, 1.165) is 35.3 Å². The van der Waals surface area contributed by atoms with Crippen LogP contribution in [0, 0.1) is 5.92 Å². The number of rotatable bonds is 8. The molecular formula is C16H25Cl2N. The molecular weight excluding hydrogens is 277 g/mol. The minimum absolute atomic E-state index is 0.356. The van der Waals surface area contributed by atoms with Crippen LogP contribution in [0.3, 0.4) is 0 Å². The summed E-state index contributed by atoms with van der Waals surface area (Å²) in [5, 5.41) is 5.03. The molecule has 0 radical (unpaired) electrons. The fourth-order valence-corrected chi connectivity index (χ4v) is 2.75. The van der Waals surface area contributed by atoms with Gasteiger partial charge in [-0.1, -0.05) is 56.8 Å². The Morgan fingerprint density at radius 2 is 1.68 bits per heavy atom. The second-order valence-electron chi connectivity index (χ2n) is 5.53. The van der Waals surface area contributed by atoms with Gasteiger partial charge in [-0.2, -0.15) is 0 Å². The van der Waals surface area contributed by atoms with Gasteiger partial charge in [0, 0.05) is 16.1 Å². The van der Waals surface area contributed by atoms with Gasteiger partial charge in [0.05, 0.1) is 0 Å². The Balaban J connectivity index is 2.71. The Bertz CT molecular complexity index is 357. The van der Waals surface area contributed by atoms with Crippen LogP contribution in [0.25, 0.3) is 0 Å². The summed E-state index contributed by atoms with van der Waals surface area (Å²) in [7, 11) is 0. The van der Waals surface area contributed by atoms with Crippen LogP contribution in [0.2, 0.25) is 10.0 Å². The maximum absolute atomic E-state index is 6.10. The SMILES string of the molecule is CCCNC(CCCC(C)C)c1cc(Cl)cc(Cl)c1. The van der Waals surface area contributed by atoms with Crippen LogP contribution >= 0.6 is 23.2 Å². The van der Waals surface area contributed by atoms with E-state index in [1.165, 1.54) is 18.4 Å². The first-order chi connectivity index (χ1) is 9.02. The lowest BCUT2D eigenvalue weighted by molar-refractivity contribution is 0.447. The highest BCUT2D eigenvalue weighted by atomic mass is 35.5. The summed E-state index contributed by atoms with van der Waals surface area (Å²) in [6.45, 7) is 7.75. The average molecular weight is 302 g/mol. The quantitative estimate of drug-likeness (QED) is 0.634. The van der Waals surface area contributed by atoms with Gasteiger partial charge in [0.1, 0.15) is 0 Å². The van der Waals surface area contributed by atoms with E-state index in [9.17, 15) is 0 Å². The molecule has 0 saturated heterocycles. The van der Waals surface area contributed by atoms with Crippen LogP contribution in [-0.2, 0) is 0 Å². The van der Waals surface area contributed by atoms with E-state index >= 15 is 0 Å². The summed E-state index contributed by atoms with van der Waals surface area (Å²) in [5.41, 5.74) is 1.20. The van der Waals surface area contributed by atoms with Gasteiger partial charge in [-0.05, 0) is 49.1 Å². The molecule has 0 aromatic heterocycles. The highest BCUT2D eigenvalue weighted by molar-refractivity contribution is 6.34. The zero-order chi connectivity index (χ0) is 14.3. The van der Waals surface area contributed by atoms with E-state index in [1.54, 1.807) is 6.07 Å². The standard InChI is InChI=1S/C16H25Cl2N/c1-4-8-19-16(7-5-6-12(2)3)13-9-14(17)11-15(18)10-13/h9-12,16,19H,4-8H2,1-3H3. The van der Waals surface area contributed by atoms with Crippen molar-refractivity contribution in [2.45, 2.75) is 52.5 Å². The maximum atomic E-state index is 6.10. The summed E-state index contributed by atoms with van der Waals surface area (Å²) in [4.78, 5) is 0. The van der Waals surface area contributed by atoms with Gasteiger partial charge in [-0.3, -0.25) is 0 Å². The van der Waals surface area contributed by atoms with Crippen LogP contribution in [0.1, 0.15) is 58.1 Å². The summed E-state index contributed by atoms with van der Waals surface area (Å²) >= 11 is 12.2. The molecule has 1 unspecified atom stereocenters. The van der Waals surface area contributed by atoms with E-state index in [0.29, 0.717) is 6.04 Å². The predicted molar refractivity (Wildman–Crippen MR) is 86.2 cm³/mol. The lowest BCUT2D eigenvalue weighted by atomic mass is 9.98. The third-order valence-electron chi connectivity index (χ3n) is 3.20. The van der Waals surface area contributed by atoms with Crippen molar-refractivity contribution in [1.82, 2.24) is 5.32 Å². The van der Waals surface area contributed by atoms with Gasteiger partial charge < -0.3 is 5.32 Å². The maximum Gasteiger partial charge on any atom is 0.0424 e. The molecule has 3 heteroatoms. The lowest BCUT2D eigenvalue weighted by Gasteiger charge is -2.20. The first-order valence-corrected chi connectivity index (χ1v) is 7.98. The van der Waals surface area contributed by atoms with E-state index in [2.05, 4.69) is 26.1 Å².